The van der Waals surface area contributed by atoms with Crippen LogP contribution in [0.5, 0.6) is 0 Å². The van der Waals surface area contributed by atoms with Crippen molar-refractivity contribution in [1.82, 2.24) is 24.8 Å². The maximum atomic E-state index is 13.2. The van der Waals surface area contributed by atoms with Gasteiger partial charge in [-0.1, -0.05) is 30.7 Å². The lowest BCUT2D eigenvalue weighted by Gasteiger charge is -2.34. The minimum atomic E-state index is -1.35. The molecule has 1 N–H and O–H groups in total. The van der Waals surface area contributed by atoms with Gasteiger partial charge in [-0.25, -0.2) is 15.0 Å². The van der Waals surface area contributed by atoms with E-state index in [9.17, 15) is 14.9 Å². The molecule has 10 heteroatoms. The third-order valence-electron chi connectivity index (χ3n) is 5.36. The van der Waals surface area contributed by atoms with E-state index in [4.69, 9.17) is 11.6 Å². The van der Waals surface area contributed by atoms with E-state index < -0.39 is 17.3 Å². The topological polar surface area (TPSA) is 119 Å². The second kappa shape index (κ2) is 8.79. The Morgan fingerprint density at radius 2 is 2.00 bits per heavy atom. The minimum Gasteiger partial charge on any atom is -0.338 e. The molecule has 0 radical (unpaired) electrons. The molecule has 1 fully saturated rings. The first kappa shape index (κ1) is 20.9. The number of benzene rings is 1. The lowest BCUT2D eigenvalue weighted by atomic mass is 10.0. The Hall–Kier alpha value is -3.35. The number of para-hydroxylation sites is 1. The molecule has 4 rings (SSSR count). The molecule has 0 saturated carbocycles. The number of halogens is 1. The van der Waals surface area contributed by atoms with Gasteiger partial charge in [-0.05, 0) is 18.7 Å². The number of H-pyrrole nitrogens is 1. The molecule has 158 valence electrons. The molecule has 3 heterocycles. The highest BCUT2D eigenvalue weighted by Crippen LogP contribution is 2.24. The Bertz CT molecular complexity index is 1230. The monoisotopic (exact) mass is 437 g/mol. The number of fused-ring (bicyclic) bond motifs is 1. The van der Waals surface area contributed by atoms with Gasteiger partial charge in [-0.3, -0.25) is 9.59 Å². The summed E-state index contributed by atoms with van der Waals surface area (Å²) in [6.07, 6.45) is 1.37. The van der Waals surface area contributed by atoms with Gasteiger partial charge in [0.05, 0.1) is 28.2 Å². The SMILES string of the molecule is CCN1CCN(c2ncc(Cl)c(C(=O)[C@@H](C#N)c3nc4ccccc4c(=O)[nH]3)n2)CC1. The van der Waals surface area contributed by atoms with E-state index in [0.717, 1.165) is 32.7 Å². The summed E-state index contributed by atoms with van der Waals surface area (Å²) < 4.78 is 0. The van der Waals surface area contributed by atoms with Crippen LogP contribution in [-0.2, 0) is 0 Å². The Morgan fingerprint density at radius 3 is 2.71 bits per heavy atom. The van der Waals surface area contributed by atoms with Gasteiger partial charge < -0.3 is 14.8 Å². The number of piperazine rings is 1. The first-order valence-corrected chi connectivity index (χ1v) is 10.3. The van der Waals surface area contributed by atoms with E-state index in [0.29, 0.717) is 16.9 Å². The van der Waals surface area contributed by atoms with Gasteiger partial charge in [0.15, 0.2) is 5.92 Å². The van der Waals surface area contributed by atoms with Gasteiger partial charge in [0.1, 0.15) is 11.5 Å². The first-order valence-electron chi connectivity index (χ1n) is 9.94. The smallest absolute Gasteiger partial charge is 0.258 e. The van der Waals surface area contributed by atoms with Crippen LogP contribution in [-0.4, -0.2) is 63.3 Å². The maximum absolute atomic E-state index is 13.2. The number of nitriles is 1. The number of carbonyl (C=O) groups excluding carboxylic acids is 1. The number of likely N-dealkylation sites (N-methyl/N-ethyl adjacent to an activating group) is 1. The molecule has 2 aromatic heterocycles. The number of anilines is 1. The molecule has 1 aromatic carbocycles. The van der Waals surface area contributed by atoms with Crippen molar-refractivity contribution in [2.24, 2.45) is 0 Å². The summed E-state index contributed by atoms with van der Waals surface area (Å²) in [7, 11) is 0. The molecular formula is C21H20ClN7O2. The molecule has 0 spiro atoms. The first-order chi connectivity index (χ1) is 15.0. The van der Waals surface area contributed by atoms with Crippen LogP contribution in [0.2, 0.25) is 5.02 Å². The maximum Gasteiger partial charge on any atom is 0.258 e. The summed E-state index contributed by atoms with van der Waals surface area (Å²) in [5.74, 6) is -1.64. The van der Waals surface area contributed by atoms with Crippen molar-refractivity contribution in [3.8, 4) is 6.07 Å². The largest absolute Gasteiger partial charge is 0.338 e. The Labute approximate surface area is 183 Å². The Balaban J connectivity index is 1.67. The van der Waals surface area contributed by atoms with Crippen molar-refractivity contribution in [2.45, 2.75) is 12.8 Å². The number of hydrogen-bond acceptors (Lipinski definition) is 8. The van der Waals surface area contributed by atoms with Gasteiger partial charge in [-0.15, -0.1) is 0 Å². The third kappa shape index (κ3) is 4.13. The second-order valence-electron chi connectivity index (χ2n) is 7.18. The number of nitrogens with zero attached hydrogens (tertiary/aromatic N) is 6. The second-order valence-corrected chi connectivity index (χ2v) is 7.59. The summed E-state index contributed by atoms with van der Waals surface area (Å²) >= 11 is 6.22. The van der Waals surface area contributed by atoms with Crippen LogP contribution in [0, 0.1) is 11.3 Å². The molecule has 1 saturated heterocycles. The van der Waals surface area contributed by atoms with Crippen LogP contribution < -0.4 is 10.5 Å². The third-order valence-corrected chi connectivity index (χ3v) is 5.64. The highest BCUT2D eigenvalue weighted by atomic mass is 35.5. The number of aromatic nitrogens is 4. The van der Waals surface area contributed by atoms with Gasteiger partial charge in [0.2, 0.25) is 11.7 Å². The molecule has 1 aliphatic rings. The molecule has 1 aliphatic heterocycles. The van der Waals surface area contributed by atoms with Gasteiger partial charge in [0.25, 0.3) is 5.56 Å². The average Bonchev–Trinajstić information content (AvgIpc) is 2.80. The van der Waals surface area contributed by atoms with Crippen LogP contribution in [0.1, 0.15) is 29.2 Å². The summed E-state index contributed by atoms with van der Waals surface area (Å²) in [6.45, 7) is 6.27. The fourth-order valence-electron chi connectivity index (χ4n) is 3.57. The lowest BCUT2D eigenvalue weighted by molar-refractivity contribution is 0.0971. The fraction of sp³-hybridized carbons (Fsp3) is 0.333. The lowest BCUT2D eigenvalue weighted by Crippen LogP contribution is -2.46. The van der Waals surface area contributed by atoms with E-state index in [2.05, 4.69) is 31.8 Å². The fourth-order valence-corrected chi connectivity index (χ4v) is 3.75. The molecule has 9 nitrogen and oxygen atoms in total. The van der Waals surface area contributed by atoms with Gasteiger partial charge in [-0.2, -0.15) is 5.26 Å². The van der Waals surface area contributed by atoms with Crippen LogP contribution in [0.4, 0.5) is 5.95 Å². The van der Waals surface area contributed by atoms with Gasteiger partial charge in [0, 0.05) is 26.2 Å². The Kier molecular flexibility index (Phi) is 5.93. The van der Waals surface area contributed by atoms with Crippen molar-refractivity contribution in [1.29, 1.82) is 5.26 Å². The van der Waals surface area contributed by atoms with E-state index in [1.807, 2.05) is 11.0 Å². The molecule has 0 bridgehead atoms. The normalized spacial score (nSPS) is 15.6. The van der Waals surface area contributed by atoms with Gasteiger partial charge >= 0.3 is 0 Å². The van der Waals surface area contributed by atoms with Crippen molar-refractivity contribution in [3.63, 3.8) is 0 Å². The highest BCUT2D eigenvalue weighted by molar-refractivity contribution is 6.33. The predicted octanol–water partition coefficient (Wildman–Crippen LogP) is 2.00. The van der Waals surface area contributed by atoms with Crippen LogP contribution >= 0.6 is 11.6 Å². The predicted molar refractivity (Wildman–Crippen MR) is 116 cm³/mol. The zero-order chi connectivity index (χ0) is 22.0. The summed E-state index contributed by atoms with van der Waals surface area (Å²) in [4.78, 5) is 45.4. The standard InChI is InChI=1S/C21H20ClN7O2/c1-2-28-7-9-29(10-8-28)21-24-12-15(22)17(26-21)18(30)14(11-23)19-25-16-6-4-3-5-13(16)20(31)27-19/h3-6,12,14H,2,7-10H2,1H3,(H,25,27,31)/t14-/m1/s1. The summed E-state index contributed by atoms with van der Waals surface area (Å²) in [5.41, 5.74) is -0.0820. The van der Waals surface area contributed by atoms with Crippen LogP contribution in [0.25, 0.3) is 10.9 Å². The highest BCUT2D eigenvalue weighted by Gasteiger charge is 2.29. The average molecular weight is 438 g/mol. The summed E-state index contributed by atoms with van der Waals surface area (Å²) in [6, 6.07) is 8.65. The zero-order valence-corrected chi connectivity index (χ0v) is 17.6. The molecule has 3 aromatic rings. The van der Waals surface area contributed by atoms with Crippen LogP contribution in [0.15, 0.2) is 35.3 Å². The molecule has 1 atom stereocenters. The van der Waals surface area contributed by atoms with E-state index in [1.165, 1.54) is 6.20 Å². The molecule has 0 aliphatic carbocycles. The number of Topliss-reactive ketones (excluding diaryl/α,β-unsaturated/α-hetero) is 1. The molecular weight excluding hydrogens is 418 g/mol. The number of hydrogen-bond donors (Lipinski definition) is 1. The van der Waals surface area contributed by atoms with Crippen molar-refractivity contribution in [3.05, 3.63) is 57.4 Å². The Morgan fingerprint density at radius 1 is 1.26 bits per heavy atom. The van der Waals surface area contributed by atoms with E-state index >= 15 is 0 Å². The number of ketones is 1. The van der Waals surface area contributed by atoms with Crippen molar-refractivity contribution >= 4 is 34.2 Å². The number of rotatable bonds is 5. The zero-order valence-electron chi connectivity index (χ0n) is 16.9. The van der Waals surface area contributed by atoms with Crippen LogP contribution in [0.3, 0.4) is 0 Å². The number of aromatic amines is 1. The number of nitrogens with one attached hydrogen (secondary N) is 1. The van der Waals surface area contributed by atoms with E-state index in [1.54, 1.807) is 24.3 Å². The summed E-state index contributed by atoms with van der Waals surface area (Å²) in [5, 5.41) is 10.1. The van der Waals surface area contributed by atoms with Crippen molar-refractivity contribution in [2.75, 3.05) is 37.6 Å². The molecule has 0 unspecified atom stereocenters. The minimum absolute atomic E-state index is 0.0380. The number of carbonyl (C=O) groups is 1. The quantitative estimate of drug-likeness (QED) is 0.602. The molecule has 0 amide bonds. The van der Waals surface area contributed by atoms with E-state index in [-0.39, 0.29) is 16.5 Å². The van der Waals surface area contributed by atoms with Crippen molar-refractivity contribution < 1.29 is 4.79 Å². The molecule has 31 heavy (non-hydrogen) atoms.